The number of hydrogen-bond acceptors (Lipinski definition) is 2. The van der Waals surface area contributed by atoms with Crippen molar-refractivity contribution in [3.8, 4) is 0 Å². The van der Waals surface area contributed by atoms with Crippen molar-refractivity contribution in [1.82, 2.24) is 10.2 Å². The molecule has 2 amide bonds. The lowest BCUT2D eigenvalue weighted by Crippen LogP contribution is -2.30. The van der Waals surface area contributed by atoms with E-state index in [2.05, 4.69) is 5.32 Å². The summed E-state index contributed by atoms with van der Waals surface area (Å²) in [7, 11) is 1.53. The van der Waals surface area contributed by atoms with Crippen LogP contribution in [0.4, 0.5) is 13.2 Å². The number of carbonyl (C=O) groups excluding carboxylic acids is 2. The minimum atomic E-state index is -4.29. The van der Waals surface area contributed by atoms with Crippen LogP contribution in [0.1, 0.15) is 25.7 Å². The number of alkyl halides is 3. The van der Waals surface area contributed by atoms with Gasteiger partial charge in [0.1, 0.15) is 0 Å². The second kappa shape index (κ2) is 6.06. The molecule has 1 atom stereocenters. The fourth-order valence-corrected chi connectivity index (χ4v) is 2.00. The number of likely N-dealkylation sites (tertiary alicyclic amines) is 1. The predicted octanol–water partition coefficient (Wildman–Crippen LogP) is 1.31. The van der Waals surface area contributed by atoms with E-state index in [-0.39, 0.29) is 11.8 Å². The molecule has 104 valence electrons. The van der Waals surface area contributed by atoms with Crippen molar-refractivity contribution in [2.75, 3.05) is 20.1 Å². The van der Waals surface area contributed by atoms with Gasteiger partial charge >= 0.3 is 6.18 Å². The van der Waals surface area contributed by atoms with Crippen LogP contribution in [0.2, 0.25) is 0 Å². The molecule has 1 saturated heterocycles. The molecule has 1 N–H and O–H groups in total. The number of nitrogens with zero attached hydrogens (tertiary/aromatic N) is 1. The smallest absolute Gasteiger partial charge is 0.359 e. The van der Waals surface area contributed by atoms with Crippen molar-refractivity contribution in [1.29, 1.82) is 0 Å². The molecule has 0 saturated carbocycles. The minimum absolute atomic E-state index is 0.0554. The largest absolute Gasteiger partial charge is 0.389 e. The van der Waals surface area contributed by atoms with Crippen molar-refractivity contribution >= 4 is 11.8 Å². The van der Waals surface area contributed by atoms with Crippen LogP contribution in [0, 0.1) is 5.92 Å². The number of nitrogens with one attached hydrogen (secondary N) is 1. The summed E-state index contributed by atoms with van der Waals surface area (Å²) < 4.78 is 35.9. The Bertz CT molecular complexity index is 318. The lowest BCUT2D eigenvalue weighted by Gasteiger charge is -2.17. The molecule has 1 aliphatic rings. The van der Waals surface area contributed by atoms with Crippen LogP contribution in [0.15, 0.2) is 0 Å². The van der Waals surface area contributed by atoms with Crippen LogP contribution in [-0.2, 0) is 9.59 Å². The summed E-state index contributed by atoms with van der Waals surface area (Å²) in [6.07, 6.45) is -4.89. The van der Waals surface area contributed by atoms with Crippen molar-refractivity contribution in [3.05, 3.63) is 0 Å². The first-order valence-corrected chi connectivity index (χ1v) is 5.87. The zero-order valence-electron chi connectivity index (χ0n) is 10.2. The number of carbonyl (C=O) groups is 2. The molecule has 0 aliphatic carbocycles. The summed E-state index contributed by atoms with van der Waals surface area (Å²) in [6, 6.07) is 0. The van der Waals surface area contributed by atoms with E-state index in [4.69, 9.17) is 0 Å². The summed E-state index contributed by atoms with van der Waals surface area (Å²) in [6.45, 7) is 0.822. The monoisotopic (exact) mass is 266 g/mol. The topological polar surface area (TPSA) is 49.4 Å². The van der Waals surface area contributed by atoms with Gasteiger partial charge < -0.3 is 10.2 Å². The van der Waals surface area contributed by atoms with Gasteiger partial charge in [-0.05, 0) is 12.3 Å². The zero-order valence-corrected chi connectivity index (χ0v) is 10.2. The van der Waals surface area contributed by atoms with E-state index >= 15 is 0 Å². The molecule has 0 spiro atoms. The molecule has 1 heterocycles. The first-order chi connectivity index (χ1) is 8.31. The lowest BCUT2D eigenvalue weighted by atomic mass is 10.0. The van der Waals surface area contributed by atoms with Gasteiger partial charge in [-0.1, -0.05) is 0 Å². The molecule has 0 aromatic heterocycles. The molecule has 1 fully saturated rings. The maximum absolute atomic E-state index is 12.0. The SMILES string of the molecule is CNC(=O)C[C@@H]1CCN(C(=O)CCC(F)(F)F)C1. The van der Waals surface area contributed by atoms with Crippen molar-refractivity contribution < 1.29 is 22.8 Å². The van der Waals surface area contributed by atoms with E-state index < -0.39 is 24.9 Å². The van der Waals surface area contributed by atoms with Crippen LogP contribution < -0.4 is 5.32 Å². The molecule has 0 radical (unpaired) electrons. The number of halogens is 3. The van der Waals surface area contributed by atoms with Gasteiger partial charge in [0.15, 0.2) is 0 Å². The van der Waals surface area contributed by atoms with Crippen molar-refractivity contribution in [2.24, 2.45) is 5.92 Å². The van der Waals surface area contributed by atoms with Gasteiger partial charge in [0.2, 0.25) is 11.8 Å². The highest BCUT2D eigenvalue weighted by molar-refractivity contribution is 5.77. The van der Waals surface area contributed by atoms with Gasteiger partial charge in [-0.25, -0.2) is 0 Å². The maximum Gasteiger partial charge on any atom is 0.389 e. The molecule has 0 unspecified atom stereocenters. The first-order valence-electron chi connectivity index (χ1n) is 5.87. The Balaban J connectivity index is 2.33. The van der Waals surface area contributed by atoms with Crippen molar-refractivity contribution in [2.45, 2.75) is 31.9 Å². The third kappa shape index (κ3) is 4.93. The van der Waals surface area contributed by atoms with Gasteiger partial charge in [0, 0.05) is 33.0 Å². The molecule has 4 nitrogen and oxygen atoms in total. The summed E-state index contributed by atoms with van der Waals surface area (Å²) in [5, 5.41) is 2.49. The maximum atomic E-state index is 12.0. The molecule has 0 bridgehead atoms. The second-order valence-corrected chi connectivity index (χ2v) is 4.49. The standard InChI is InChI=1S/C11H17F3N2O2/c1-15-9(17)6-8-3-5-16(7-8)10(18)2-4-11(12,13)14/h8H,2-7H2,1H3,(H,15,17)/t8-/m0/s1. The zero-order chi connectivity index (χ0) is 13.8. The van der Waals surface area contributed by atoms with Gasteiger partial charge in [-0.2, -0.15) is 13.2 Å². The number of hydrogen-bond donors (Lipinski definition) is 1. The Morgan fingerprint density at radius 2 is 2.06 bits per heavy atom. The van der Waals surface area contributed by atoms with Gasteiger partial charge in [-0.15, -0.1) is 0 Å². The summed E-state index contributed by atoms with van der Waals surface area (Å²) in [5.41, 5.74) is 0. The predicted molar refractivity (Wildman–Crippen MR) is 58.7 cm³/mol. The van der Waals surface area contributed by atoms with Crippen molar-refractivity contribution in [3.63, 3.8) is 0 Å². The van der Waals surface area contributed by atoms with Gasteiger partial charge in [0.05, 0.1) is 6.42 Å². The molecule has 18 heavy (non-hydrogen) atoms. The van der Waals surface area contributed by atoms with E-state index in [9.17, 15) is 22.8 Å². The third-order valence-corrected chi connectivity index (χ3v) is 3.01. The molecular weight excluding hydrogens is 249 g/mol. The molecule has 0 aromatic carbocycles. The van der Waals surface area contributed by atoms with E-state index in [1.54, 1.807) is 0 Å². The van der Waals surface area contributed by atoms with E-state index in [1.807, 2.05) is 0 Å². The molecule has 0 aromatic rings. The highest BCUT2D eigenvalue weighted by Gasteiger charge is 2.32. The van der Waals surface area contributed by atoms with Crippen LogP contribution in [0.5, 0.6) is 0 Å². The summed E-state index contributed by atoms with van der Waals surface area (Å²) in [5.74, 6) is -0.531. The highest BCUT2D eigenvalue weighted by atomic mass is 19.4. The normalized spacial score (nSPS) is 20.0. The third-order valence-electron chi connectivity index (χ3n) is 3.01. The highest BCUT2D eigenvalue weighted by Crippen LogP contribution is 2.24. The molecule has 1 aliphatic heterocycles. The van der Waals surface area contributed by atoms with E-state index in [1.165, 1.54) is 11.9 Å². The molecule has 1 rings (SSSR count). The fraction of sp³-hybridized carbons (Fsp3) is 0.818. The van der Waals surface area contributed by atoms with Gasteiger partial charge in [-0.3, -0.25) is 9.59 Å². The first kappa shape index (κ1) is 14.8. The Morgan fingerprint density at radius 3 is 2.61 bits per heavy atom. The summed E-state index contributed by atoms with van der Waals surface area (Å²) in [4.78, 5) is 24.1. The quantitative estimate of drug-likeness (QED) is 0.834. The number of amides is 2. The number of rotatable bonds is 4. The Morgan fingerprint density at radius 1 is 1.39 bits per heavy atom. The van der Waals surface area contributed by atoms with Crippen LogP contribution >= 0.6 is 0 Å². The second-order valence-electron chi connectivity index (χ2n) is 4.49. The average Bonchev–Trinajstić information content (AvgIpc) is 2.73. The summed E-state index contributed by atoms with van der Waals surface area (Å²) >= 11 is 0. The van der Waals surface area contributed by atoms with E-state index in [0.29, 0.717) is 25.9 Å². The lowest BCUT2D eigenvalue weighted by molar-refractivity contribution is -0.148. The van der Waals surface area contributed by atoms with Gasteiger partial charge in [0.25, 0.3) is 0 Å². The molecule has 7 heteroatoms. The van der Waals surface area contributed by atoms with E-state index in [0.717, 1.165) is 0 Å². The van der Waals surface area contributed by atoms with Crippen LogP contribution in [0.3, 0.4) is 0 Å². The average molecular weight is 266 g/mol. The Kier molecular flexibility index (Phi) is 4.98. The van der Waals surface area contributed by atoms with Crippen LogP contribution in [0.25, 0.3) is 0 Å². The fourth-order valence-electron chi connectivity index (χ4n) is 2.00. The van der Waals surface area contributed by atoms with Crippen LogP contribution in [-0.4, -0.2) is 43.0 Å². The minimum Gasteiger partial charge on any atom is -0.359 e. The Labute approximate surface area is 104 Å². The Hall–Kier alpha value is -1.27. The molecular formula is C11H17F3N2O2.